The number of aromatic nitrogens is 2. The van der Waals surface area contributed by atoms with Crippen LogP contribution in [0, 0.1) is 0 Å². The summed E-state index contributed by atoms with van der Waals surface area (Å²) in [5.74, 6) is -0.331. The van der Waals surface area contributed by atoms with Crippen LogP contribution in [0.25, 0.3) is 11.1 Å². The van der Waals surface area contributed by atoms with E-state index in [1.807, 2.05) is 0 Å². The van der Waals surface area contributed by atoms with Gasteiger partial charge in [-0.05, 0) is 18.2 Å². The number of rotatable bonds is 5. The summed E-state index contributed by atoms with van der Waals surface area (Å²) in [6.45, 7) is -0.251. The maximum absolute atomic E-state index is 12.1. The molecule has 8 heteroatoms. The van der Waals surface area contributed by atoms with Crippen molar-refractivity contribution in [2.45, 2.75) is 0 Å². The summed E-state index contributed by atoms with van der Waals surface area (Å²) in [4.78, 5) is 33.5. The molecule has 25 heavy (non-hydrogen) atoms. The molecule has 0 unspecified atom stereocenters. The second kappa shape index (κ2) is 7.00. The second-order valence-electron chi connectivity index (χ2n) is 5.43. The first kappa shape index (κ1) is 16.4. The number of carbonyl (C=O) groups is 2. The Balaban J connectivity index is 1.64. The predicted molar refractivity (Wildman–Crippen MR) is 90.4 cm³/mol. The summed E-state index contributed by atoms with van der Waals surface area (Å²) >= 11 is 0. The molecule has 0 aliphatic rings. The summed E-state index contributed by atoms with van der Waals surface area (Å²) < 4.78 is 10.6. The van der Waals surface area contributed by atoms with Crippen LogP contribution in [0.2, 0.25) is 0 Å². The van der Waals surface area contributed by atoms with Crippen LogP contribution in [0.5, 0.6) is 5.88 Å². The van der Waals surface area contributed by atoms with E-state index >= 15 is 0 Å². The summed E-state index contributed by atoms with van der Waals surface area (Å²) in [7, 11) is 3.33. The quantitative estimate of drug-likeness (QED) is 0.762. The molecule has 2 amide bonds. The molecule has 0 saturated carbocycles. The Morgan fingerprint density at radius 2 is 2.08 bits per heavy atom. The number of ether oxygens (including phenoxy) is 1. The zero-order valence-corrected chi connectivity index (χ0v) is 13.7. The third-order valence-corrected chi connectivity index (χ3v) is 3.35. The molecule has 2 heterocycles. The SMILES string of the molecule is CN(C)C(=O)c1cccc(NC(=O)COc2ncnc3ccoc23)c1. The van der Waals surface area contributed by atoms with Crippen molar-refractivity contribution >= 4 is 28.6 Å². The first-order valence-corrected chi connectivity index (χ1v) is 7.47. The summed E-state index contributed by atoms with van der Waals surface area (Å²) in [6, 6.07) is 8.36. The molecule has 0 saturated heterocycles. The molecule has 3 aromatic rings. The fourth-order valence-electron chi connectivity index (χ4n) is 2.19. The number of benzene rings is 1. The Morgan fingerprint density at radius 1 is 1.24 bits per heavy atom. The molecule has 8 nitrogen and oxygen atoms in total. The first-order chi connectivity index (χ1) is 12.0. The van der Waals surface area contributed by atoms with Gasteiger partial charge in [-0.25, -0.2) is 4.98 Å². The van der Waals surface area contributed by atoms with Gasteiger partial charge in [0.1, 0.15) is 11.8 Å². The number of hydrogen-bond acceptors (Lipinski definition) is 6. The van der Waals surface area contributed by atoms with Crippen LogP contribution in [0.4, 0.5) is 5.69 Å². The number of furan rings is 1. The van der Waals surface area contributed by atoms with E-state index in [4.69, 9.17) is 9.15 Å². The Kier molecular flexibility index (Phi) is 4.60. The molecule has 1 N–H and O–H groups in total. The second-order valence-corrected chi connectivity index (χ2v) is 5.43. The van der Waals surface area contributed by atoms with Crippen LogP contribution >= 0.6 is 0 Å². The van der Waals surface area contributed by atoms with Gasteiger partial charge in [0.25, 0.3) is 17.7 Å². The van der Waals surface area contributed by atoms with Gasteiger partial charge in [-0.1, -0.05) is 6.07 Å². The van der Waals surface area contributed by atoms with E-state index in [1.54, 1.807) is 44.4 Å². The minimum absolute atomic E-state index is 0.145. The molecule has 0 radical (unpaired) electrons. The molecular formula is C17H16N4O4. The van der Waals surface area contributed by atoms with Crippen molar-refractivity contribution in [3.05, 3.63) is 48.5 Å². The maximum atomic E-state index is 12.1. The molecule has 0 spiro atoms. The highest BCUT2D eigenvalue weighted by Crippen LogP contribution is 2.21. The predicted octanol–water partition coefficient (Wildman–Crippen LogP) is 1.94. The number of amides is 2. The molecule has 3 rings (SSSR count). The molecule has 0 aliphatic carbocycles. The average molecular weight is 340 g/mol. The highest BCUT2D eigenvalue weighted by atomic mass is 16.5. The van der Waals surface area contributed by atoms with E-state index in [0.717, 1.165) is 0 Å². The lowest BCUT2D eigenvalue weighted by molar-refractivity contribution is -0.118. The van der Waals surface area contributed by atoms with E-state index in [0.29, 0.717) is 22.4 Å². The van der Waals surface area contributed by atoms with Gasteiger partial charge >= 0.3 is 0 Å². The molecular weight excluding hydrogens is 324 g/mol. The van der Waals surface area contributed by atoms with Crippen LogP contribution in [0.3, 0.4) is 0 Å². The van der Waals surface area contributed by atoms with E-state index in [-0.39, 0.29) is 24.3 Å². The average Bonchev–Trinajstić information content (AvgIpc) is 3.08. The Bertz CT molecular complexity index is 920. The van der Waals surface area contributed by atoms with Crippen molar-refractivity contribution in [3.63, 3.8) is 0 Å². The van der Waals surface area contributed by atoms with Crippen molar-refractivity contribution in [3.8, 4) is 5.88 Å². The van der Waals surface area contributed by atoms with Gasteiger partial charge in [-0.3, -0.25) is 9.59 Å². The fraction of sp³-hybridized carbons (Fsp3) is 0.176. The lowest BCUT2D eigenvalue weighted by atomic mass is 10.2. The third kappa shape index (κ3) is 3.74. The molecule has 0 bridgehead atoms. The summed E-state index contributed by atoms with van der Waals surface area (Å²) in [5.41, 5.74) is 1.97. The Morgan fingerprint density at radius 3 is 2.88 bits per heavy atom. The van der Waals surface area contributed by atoms with Crippen molar-refractivity contribution in [1.29, 1.82) is 0 Å². The number of nitrogens with zero attached hydrogens (tertiary/aromatic N) is 3. The molecule has 0 fully saturated rings. The Hall–Kier alpha value is -3.42. The number of nitrogens with one attached hydrogen (secondary N) is 1. The molecule has 128 valence electrons. The monoisotopic (exact) mass is 340 g/mol. The van der Waals surface area contributed by atoms with Gasteiger partial charge in [-0.15, -0.1) is 0 Å². The largest absolute Gasteiger partial charge is 0.465 e. The third-order valence-electron chi connectivity index (χ3n) is 3.35. The topological polar surface area (TPSA) is 97.6 Å². The van der Waals surface area contributed by atoms with Gasteiger partial charge in [0.05, 0.1) is 6.26 Å². The highest BCUT2D eigenvalue weighted by Gasteiger charge is 2.12. The molecule has 0 aliphatic heterocycles. The van der Waals surface area contributed by atoms with Crippen LogP contribution in [-0.2, 0) is 4.79 Å². The van der Waals surface area contributed by atoms with E-state index < -0.39 is 0 Å². The number of carbonyl (C=O) groups excluding carboxylic acids is 2. The summed E-state index contributed by atoms with van der Waals surface area (Å²) in [5, 5.41) is 2.68. The number of hydrogen-bond donors (Lipinski definition) is 1. The van der Waals surface area contributed by atoms with Crippen LogP contribution in [0.1, 0.15) is 10.4 Å². The number of anilines is 1. The Labute approximate surface area is 143 Å². The summed E-state index contributed by atoms with van der Waals surface area (Å²) in [6.07, 6.45) is 2.81. The molecule has 0 atom stereocenters. The van der Waals surface area contributed by atoms with Crippen molar-refractivity contribution < 1.29 is 18.7 Å². The van der Waals surface area contributed by atoms with Gasteiger partial charge in [0.2, 0.25) is 5.58 Å². The standard InChI is InChI=1S/C17H16N4O4/c1-21(2)17(23)11-4-3-5-12(8-11)20-14(22)9-25-16-15-13(6-7-24-15)18-10-19-16/h3-8,10H,9H2,1-2H3,(H,20,22). The van der Waals surface area contributed by atoms with Crippen LogP contribution in [-0.4, -0.2) is 47.4 Å². The fourth-order valence-corrected chi connectivity index (χ4v) is 2.19. The maximum Gasteiger partial charge on any atom is 0.262 e. The highest BCUT2D eigenvalue weighted by molar-refractivity contribution is 5.97. The van der Waals surface area contributed by atoms with Gasteiger partial charge < -0.3 is 19.4 Å². The van der Waals surface area contributed by atoms with Crippen molar-refractivity contribution in [1.82, 2.24) is 14.9 Å². The lowest BCUT2D eigenvalue weighted by Gasteiger charge is -2.12. The molecule has 2 aromatic heterocycles. The van der Waals surface area contributed by atoms with Gasteiger partial charge in [0, 0.05) is 31.4 Å². The smallest absolute Gasteiger partial charge is 0.262 e. The minimum atomic E-state index is -0.382. The van der Waals surface area contributed by atoms with E-state index in [2.05, 4.69) is 15.3 Å². The zero-order chi connectivity index (χ0) is 17.8. The van der Waals surface area contributed by atoms with E-state index in [9.17, 15) is 9.59 Å². The minimum Gasteiger partial charge on any atom is -0.465 e. The number of fused-ring (bicyclic) bond motifs is 1. The lowest BCUT2D eigenvalue weighted by Crippen LogP contribution is -2.23. The van der Waals surface area contributed by atoms with Crippen molar-refractivity contribution in [2.75, 3.05) is 26.0 Å². The van der Waals surface area contributed by atoms with Gasteiger partial charge in [-0.2, -0.15) is 4.98 Å². The van der Waals surface area contributed by atoms with Crippen LogP contribution < -0.4 is 10.1 Å². The van der Waals surface area contributed by atoms with Crippen molar-refractivity contribution in [2.24, 2.45) is 0 Å². The van der Waals surface area contributed by atoms with E-state index in [1.165, 1.54) is 17.5 Å². The molecule has 1 aromatic carbocycles. The normalized spacial score (nSPS) is 10.5. The zero-order valence-electron chi connectivity index (χ0n) is 13.7. The van der Waals surface area contributed by atoms with Gasteiger partial charge in [0.15, 0.2) is 6.61 Å². The first-order valence-electron chi connectivity index (χ1n) is 7.47. The van der Waals surface area contributed by atoms with Crippen LogP contribution in [0.15, 0.2) is 47.3 Å².